The van der Waals surface area contributed by atoms with Crippen LogP contribution in [-0.2, 0) is 4.79 Å². The second-order valence-electron chi connectivity index (χ2n) is 5.70. The molecule has 7 heteroatoms. The first kappa shape index (κ1) is 17.0. The average molecular weight is 376 g/mol. The molecule has 0 aliphatic carbocycles. The second kappa shape index (κ2) is 7.43. The number of carbonyl (C=O) groups is 1. The lowest BCUT2D eigenvalue weighted by molar-refractivity contribution is -0.105. The number of nitrogens with zero attached hydrogens (tertiary/aromatic N) is 3. The molecule has 0 spiro atoms. The predicted molar refractivity (Wildman–Crippen MR) is 106 cm³/mol. The summed E-state index contributed by atoms with van der Waals surface area (Å²) in [5.74, 6) is 1.37. The summed E-state index contributed by atoms with van der Waals surface area (Å²) in [7, 11) is 1.64. The van der Waals surface area contributed by atoms with E-state index in [4.69, 9.17) is 4.74 Å². The number of hydrogen-bond donors (Lipinski definition) is 1. The summed E-state index contributed by atoms with van der Waals surface area (Å²) in [4.78, 5) is 15.7. The van der Waals surface area contributed by atoms with Gasteiger partial charge in [0.05, 0.1) is 18.5 Å². The van der Waals surface area contributed by atoms with Crippen molar-refractivity contribution in [3.63, 3.8) is 0 Å². The van der Waals surface area contributed by atoms with Crippen molar-refractivity contribution >= 4 is 23.6 Å². The van der Waals surface area contributed by atoms with Crippen LogP contribution in [0.2, 0.25) is 0 Å². The monoisotopic (exact) mass is 376 g/mol. The molecule has 0 aliphatic rings. The van der Waals surface area contributed by atoms with Gasteiger partial charge >= 0.3 is 0 Å². The fourth-order valence-electron chi connectivity index (χ4n) is 2.70. The van der Waals surface area contributed by atoms with Crippen LogP contribution in [0.25, 0.3) is 27.6 Å². The van der Waals surface area contributed by atoms with Gasteiger partial charge in [-0.25, -0.2) is 4.98 Å². The van der Waals surface area contributed by atoms with Gasteiger partial charge in [0.1, 0.15) is 11.6 Å². The molecule has 0 saturated heterocycles. The average Bonchev–Trinajstić information content (AvgIpc) is 3.36. The summed E-state index contributed by atoms with van der Waals surface area (Å²) in [5, 5.41) is 9.96. The van der Waals surface area contributed by atoms with E-state index in [1.165, 1.54) is 11.3 Å². The van der Waals surface area contributed by atoms with Crippen LogP contribution in [0.4, 0.5) is 5.82 Å². The van der Waals surface area contributed by atoms with E-state index >= 15 is 0 Å². The Kier molecular flexibility index (Phi) is 4.67. The number of ether oxygens (including phenoxy) is 1. The number of nitrogens with one attached hydrogen (secondary N) is 1. The van der Waals surface area contributed by atoms with Crippen molar-refractivity contribution in [1.29, 1.82) is 0 Å². The normalized spacial score (nSPS) is 10.6. The van der Waals surface area contributed by atoms with Crippen molar-refractivity contribution in [2.45, 2.75) is 0 Å². The van der Waals surface area contributed by atoms with Crippen LogP contribution in [0.15, 0.2) is 66.0 Å². The van der Waals surface area contributed by atoms with Crippen molar-refractivity contribution in [3.05, 3.63) is 66.0 Å². The lowest BCUT2D eigenvalue weighted by Crippen LogP contribution is -2.04. The summed E-state index contributed by atoms with van der Waals surface area (Å²) in [6, 6.07) is 19.3. The van der Waals surface area contributed by atoms with Crippen molar-refractivity contribution < 1.29 is 9.53 Å². The lowest BCUT2D eigenvalue weighted by atomic mass is 10.2. The van der Waals surface area contributed by atoms with E-state index in [1.54, 1.807) is 11.8 Å². The van der Waals surface area contributed by atoms with Crippen molar-refractivity contribution in [1.82, 2.24) is 14.8 Å². The summed E-state index contributed by atoms with van der Waals surface area (Å²) < 4.78 is 6.84. The minimum Gasteiger partial charge on any atom is -0.497 e. The van der Waals surface area contributed by atoms with Gasteiger partial charge in [-0.05, 0) is 24.3 Å². The van der Waals surface area contributed by atoms with Crippen LogP contribution in [0.5, 0.6) is 5.75 Å². The Morgan fingerprint density at radius 1 is 1.04 bits per heavy atom. The van der Waals surface area contributed by atoms with Crippen LogP contribution in [0.3, 0.4) is 0 Å². The second-order valence-corrected chi connectivity index (χ2v) is 6.54. The highest BCUT2D eigenvalue weighted by molar-refractivity contribution is 7.12. The zero-order chi connectivity index (χ0) is 18.6. The summed E-state index contributed by atoms with van der Waals surface area (Å²) in [6.07, 6.45) is 0.639. The molecule has 2 heterocycles. The third-order valence-electron chi connectivity index (χ3n) is 4.04. The molecule has 134 valence electrons. The maximum atomic E-state index is 11.0. The van der Waals surface area contributed by atoms with E-state index in [1.807, 2.05) is 66.0 Å². The lowest BCUT2D eigenvalue weighted by Gasteiger charge is -2.02. The molecule has 1 amide bonds. The maximum Gasteiger partial charge on any atom is 0.212 e. The molecule has 4 aromatic rings. The fourth-order valence-corrected chi connectivity index (χ4v) is 3.49. The number of thiazole rings is 1. The van der Waals surface area contributed by atoms with E-state index in [0.29, 0.717) is 17.4 Å². The van der Waals surface area contributed by atoms with Crippen molar-refractivity contribution in [3.8, 4) is 33.4 Å². The van der Waals surface area contributed by atoms with Gasteiger partial charge in [-0.15, -0.1) is 11.3 Å². The molecule has 0 atom stereocenters. The Labute approximate surface area is 160 Å². The number of amides is 1. The Bertz CT molecular complexity index is 1060. The number of benzene rings is 2. The molecule has 0 unspecified atom stereocenters. The van der Waals surface area contributed by atoms with Crippen LogP contribution >= 0.6 is 11.3 Å². The third-order valence-corrected chi connectivity index (χ3v) is 4.86. The van der Waals surface area contributed by atoms with Gasteiger partial charge in [-0.3, -0.25) is 4.79 Å². The molecule has 1 N–H and O–H groups in total. The first-order valence-electron chi connectivity index (χ1n) is 8.24. The number of aromatic nitrogens is 3. The summed E-state index contributed by atoms with van der Waals surface area (Å²) in [5.41, 5.74) is 3.56. The Morgan fingerprint density at radius 3 is 2.48 bits per heavy atom. The Morgan fingerprint density at radius 2 is 1.78 bits per heavy atom. The highest BCUT2D eigenvalue weighted by Crippen LogP contribution is 2.29. The molecule has 2 aromatic carbocycles. The zero-order valence-electron chi connectivity index (χ0n) is 14.5. The smallest absolute Gasteiger partial charge is 0.212 e. The number of rotatable bonds is 6. The van der Waals surface area contributed by atoms with Crippen molar-refractivity contribution in [2.75, 3.05) is 12.4 Å². The molecule has 27 heavy (non-hydrogen) atoms. The van der Waals surface area contributed by atoms with E-state index in [9.17, 15) is 4.79 Å². The number of anilines is 1. The molecule has 0 aliphatic heterocycles. The maximum absolute atomic E-state index is 11.0. The topological polar surface area (TPSA) is 69.0 Å². The van der Waals surface area contributed by atoms with Gasteiger partial charge in [0, 0.05) is 22.6 Å². The first-order valence-corrected chi connectivity index (χ1v) is 9.12. The van der Waals surface area contributed by atoms with Crippen LogP contribution < -0.4 is 10.1 Å². The fraction of sp³-hybridized carbons (Fsp3) is 0.0500. The SMILES string of the molecule is COc1ccc(-c2csc(-n3nc(-c4ccccc4)cc3NC=O)n2)cc1. The highest BCUT2D eigenvalue weighted by atomic mass is 32.1. The molecule has 2 aromatic heterocycles. The van der Waals surface area contributed by atoms with Gasteiger partial charge in [0.15, 0.2) is 0 Å². The van der Waals surface area contributed by atoms with Gasteiger partial charge in [0.2, 0.25) is 11.5 Å². The first-order chi connectivity index (χ1) is 13.3. The van der Waals surface area contributed by atoms with E-state index in [0.717, 1.165) is 28.3 Å². The molecular weight excluding hydrogens is 360 g/mol. The summed E-state index contributed by atoms with van der Waals surface area (Å²) in [6.45, 7) is 0. The quantitative estimate of drug-likeness (QED) is 0.511. The minimum absolute atomic E-state index is 0.569. The van der Waals surface area contributed by atoms with Gasteiger partial charge < -0.3 is 10.1 Å². The standard InChI is InChI=1S/C20H16N4O2S/c1-26-16-9-7-15(8-10-16)18-12-27-20(22-18)24-19(21-13-25)11-17(23-24)14-5-3-2-4-6-14/h2-13H,1H3,(H,21,25). The van der Waals surface area contributed by atoms with Crippen LogP contribution in [0.1, 0.15) is 0 Å². The van der Waals surface area contributed by atoms with E-state index in [2.05, 4.69) is 15.4 Å². The largest absolute Gasteiger partial charge is 0.497 e. The van der Waals surface area contributed by atoms with E-state index in [-0.39, 0.29) is 0 Å². The molecule has 4 rings (SSSR count). The van der Waals surface area contributed by atoms with Crippen LogP contribution in [-0.4, -0.2) is 28.3 Å². The van der Waals surface area contributed by atoms with Gasteiger partial charge in [0.25, 0.3) is 0 Å². The number of methoxy groups -OCH3 is 1. The van der Waals surface area contributed by atoms with Crippen molar-refractivity contribution in [2.24, 2.45) is 0 Å². The van der Waals surface area contributed by atoms with Gasteiger partial charge in [-0.1, -0.05) is 30.3 Å². The summed E-state index contributed by atoms with van der Waals surface area (Å²) >= 11 is 1.46. The Balaban J connectivity index is 1.71. The predicted octanol–water partition coefficient (Wildman–Crippen LogP) is 4.24. The molecular formula is C20H16N4O2S. The molecule has 6 nitrogen and oxygen atoms in total. The number of carbonyl (C=O) groups excluding carboxylic acids is 1. The van der Waals surface area contributed by atoms with Crippen LogP contribution in [0, 0.1) is 0 Å². The molecule has 0 fully saturated rings. The zero-order valence-corrected chi connectivity index (χ0v) is 15.3. The number of hydrogen-bond acceptors (Lipinski definition) is 5. The molecule has 0 bridgehead atoms. The highest BCUT2D eigenvalue weighted by Gasteiger charge is 2.14. The molecule has 0 radical (unpaired) electrons. The third kappa shape index (κ3) is 3.45. The van der Waals surface area contributed by atoms with Gasteiger partial charge in [-0.2, -0.15) is 9.78 Å². The molecule has 0 saturated carbocycles. The van der Waals surface area contributed by atoms with E-state index < -0.39 is 0 Å². The minimum atomic E-state index is 0.569. The Hall–Kier alpha value is -3.45.